The summed E-state index contributed by atoms with van der Waals surface area (Å²) < 4.78 is 0. The molecule has 0 aliphatic heterocycles. The molecule has 0 aromatic carbocycles. The predicted octanol–water partition coefficient (Wildman–Crippen LogP) is 0.812. The summed E-state index contributed by atoms with van der Waals surface area (Å²) in [6.07, 6.45) is 4.32. The van der Waals surface area contributed by atoms with Crippen molar-refractivity contribution in [2.75, 3.05) is 6.61 Å². The molecule has 0 bridgehead atoms. The molecular weight excluding hydrogens is 132 g/mol. The van der Waals surface area contributed by atoms with Gasteiger partial charge in [-0.3, -0.25) is 0 Å². The van der Waals surface area contributed by atoms with Gasteiger partial charge in [0.05, 0.1) is 6.61 Å². The first kappa shape index (κ1) is 11.7. The number of aliphatic hydroxyl groups excluding tert-OH is 1. The van der Waals surface area contributed by atoms with E-state index in [0.29, 0.717) is 0 Å². The number of hydrogen-bond donors (Lipinski definition) is 2. The number of aliphatic hydroxyl groups is 1. The second kappa shape index (κ2) is 10.8. The number of carboxylic acid groups (broad SMARTS) is 1. The molecule has 0 heterocycles. The Morgan fingerprint density at radius 3 is 2.10 bits per heavy atom. The molecule has 0 unspecified atom stereocenters. The molecule has 0 atom stereocenters. The minimum Gasteiger partial charge on any atom is -0.478 e. The van der Waals surface area contributed by atoms with Gasteiger partial charge in [0.1, 0.15) is 0 Å². The molecule has 0 radical (unpaired) electrons. The molecule has 0 aliphatic carbocycles. The second-order valence-corrected chi connectivity index (χ2v) is 1.29. The summed E-state index contributed by atoms with van der Waals surface area (Å²) in [5.41, 5.74) is 0. The fourth-order valence-electron chi connectivity index (χ4n) is 0.105. The van der Waals surface area contributed by atoms with E-state index in [9.17, 15) is 4.79 Å². The molecular formula is C7H12O3. The molecule has 0 fully saturated rings. The highest BCUT2D eigenvalue weighted by atomic mass is 16.4. The first-order valence-electron chi connectivity index (χ1n) is 2.76. The molecule has 0 rings (SSSR count). The topological polar surface area (TPSA) is 57.5 Å². The molecule has 0 amide bonds. The normalized spacial score (nSPS) is 8.20. The lowest BCUT2D eigenvalue weighted by atomic mass is 10.6. The van der Waals surface area contributed by atoms with Crippen molar-refractivity contribution in [1.82, 2.24) is 0 Å². The fourth-order valence-corrected chi connectivity index (χ4v) is 0.105. The molecule has 0 saturated heterocycles. The van der Waals surface area contributed by atoms with Crippen molar-refractivity contribution in [2.24, 2.45) is 0 Å². The molecule has 58 valence electrons. The Labute approximate surface area is 60.3 Å². The zero-order valence-electron chi connectivity index (χ0n) is 5.95. The standard InChI is InChI=1S/C4H8O.C3H4O2/c1-2-3-4-5;1-2-3(4)5/h2-3,5H,4H2,1H3;2H,1H2,(H,4,5). The third-order valence-electron chi connectivity index (χ3n) is 0.516. The fraction of sp³-hybridized carbons (Fsp3) is 0.286. The van der Waals surface area contributed by atoms with Gasteiger partial charge in [-0.1, -0.05) is 18.7 Å². The summed E-state index contributed by atoms with van der Waals surface area (Å²) in [5.74, 6) is -0.981. The molecule has 3 heteroatoms. The van der Waals surface area contributed by atoms with Crippen LogP contribution in [0.4, 0.5) is 0 Å². The molecule has 2 N–H and O–H groups in total. The Morgan fingerprint density at radius 1 is 1.70 bits per heavy atom. The quantitative estimate of drug-likeness (QED) is 0.445. The average molecular weight is 144 g/mol. The summed E-state index contributed by atoms with van der Waals surface area (Å²) >= 11 is 0. The van der Waals surface area contributed by atoms with Crippen molar-refractivity contribution in [2.45, 2.75) is 6.92 Å². The summed E-state index contributed by atoms with van der Waals surface area (Å²) in [7, 11) is 0. The summed E-state index contributed by atoms with van der Waals surface area (Å²) in [4.78, 5) is 9.25. The van der Waals surface area contributed by atoms with Crippen molar-refractivity contribution in [3.8, 4) is 0 Å². The molecule has 0 spiro atoms. The first-order chi connectivity index (χ1) is 4.68. The van der Waals surface area contributed by atoms with Crippen LogP contribution < -0.4 is 0 Å². The van der Waals surface area contributed by atoms with Crippen LogP contribution in [0, 0.1) is 0 Å². The van der Waals surface area contributed by atoms with E-state index in [-0.39, 0.29) is 6.61 Å². The van der Waals surface area contributed by atoms with Crippen molar-refractivity contribution < 1.29 is 15.0 Å². The van der Waals surface area contributed by atoms with E-state index in [1.54, 1.807) is 12.2 Å². The van der Waals surface area contributed by atoms with E-state index in [2.05, 4.69) is 6.58 Å². The van der Waals surface area contributed by atoms with Gasteiger partial charge in [-0.05, 0) is 6.92 Å². The van der Waals surface area contributed by atoms with Crippen molar-refractivity contribution in [1.29, 1.82) is 0 Å². The Kier molecular flexibility index (Phi) is 12.6. The van der Waals surface area contributed by atoms with Gasteiger partial charge in [0.15, 0.2) is 0 Å². The van der Waals surface area contributed by atoms with Crippen LogP contribution in [-0.4, -0.2) is 22.8 Å². The van der Waals surface area contributed by atoms with Crippen LogP contribution in [-0.2, 0) is 4.79 Å². The monoisotopic (exact) mass is 144 g/mol. The zero-order valence-corrected chi connectivity index (χ0v) is 5.95. The maximum Gasteiger partial charge on any atom is 0.327 e. The molecule has 0 saturated carbocycles. The molecule has 0 aromatic rings. The lowest BCUT2D eigenvalue weighted by molar-refractivity contribution is -0.131. The van der Waals surface area contributed by atoms with Gasteiger partial charge >= 0.3 is 5.97 Å². The van der Waals surface area contributed by atoms with Crippen LogP contribution in [0.5, 0.6) is 0 Å². The van der Waals surface area contributed by atoms with E-state index in [1.807, 2.05) is 6.92 Å². The summed E-state index contributed by atoms with van der Waals surface area (Å²) in [6, 6.07) is 0. The van der Waals surface area contributed by atoms with Gasteiger partial charge in [-0.2, -0.15) is 0 Å². The average Bonchev–Trinajstić information content (AvgIpc) is 1.91. The summed E-state index contributed by atoms with van der Waals surface area (Å²) in [6.45, 7) is 5.00. The Hall–Kier alpha value is -1.09. The van der Waals surface area contributed by atoms with Crippen LogP contribution in [0.25, 0.3) is 0 Å². The molecule has 0 aromatic heterocycles. The Morgan fingerprint density at radius 2 is 2.10 bits per heavy atom. The maximum absolute atomic E-state index is 9.25. The van der Waals surface area contributed by atoms with E-state index < -0.39 is 5.97 Å². The van der Waals surface area contributed by atoms with Gasteiger partial charge in [-0.15, -0.1) is 0 Å². The molecule has 3 nitrogen and oxygen atoms in total. The Bertz CT molecular complexity index is 116. The lowest BCUT2D eigenvalue weighted by Crippen LogP contribution is -1.82. The van der Waals surface area contributed by atoms with Crippen LogP contribution in [0.3, 0.4) is 0 Å². The minimum absolute atomic E-state index is 0.163. The number of aliphatic carboxylic acids is 1. The van der Waals surface area contributed by atoms with Crippen LogP contribution in [0.15, 0.2) is 24.8 Å². The maximum atomic E-state index is 9.25. The Balaban J connectivity index is 0. The van der Waals surface area contributed by atoms with Gasteiger partial charge in [0.2, 0.25) is 0 Å². The number of carboxylic acids is 1. The zero-order chi connectivity index (χ0) is 8.41. The van der Waals surface area contributed by atoms with Crippen LogP contribution in [0.1, 0.15) is 6.92 Å². The minimum atomic E-state index is -0.981. The van der Waals surface area contributed by atoms with Crippen molar-refractivity contribution in [3.05, 3.63) is 24.8 Å². The third kappa shape index (κ3) is 28.5. The number of allylic oxidation sites excluding steroid dienone is 1. The number of carbonyl (C=O) groups is 1. The smallest absolute Gasteiger partial charge is 0.327 e. The van der Waals surface area contributed by atoms with E-state index >= 15 is 0 Å². The van der Waals surface area contributed by atoms with Gasteiger partial charge in [-0.25, -0.2) is 4.79 Å². The first-order valence-corrected chi connectivity index (χ1v) is 2.76. The number of hydrogen-bond acceptors (Lipinski definition) is 2. The lowest BCUT2D eigenvalue weighted by Gasteiger charge is -1.66. The van der Waals surface area contributed by atoms with Crippen LogP contribution >= 0.6 is 0 Å². The van der Waals surface area contributed by atoms with Gasteiger partial charge < -0.3 is 10.2 Å². The van der Waals surface area contributed by atoms with Crippen molar-refractivity contribution >= 4 is 5.97 Å². The van der Waals surface area contributed by atoms with Crippen LogP contribution in [0.2, 0.25) is 0 Å². The van der Waals surface area contributed by atoms with E-state index in [4.69, 9.17) is 10.2 Å². The van der Waals surface area contributed by atoms with E-state index in [0.717, 1.165) is 6.08 Å². The van der Waals surface area contributed by atoms with Gasteiger partial charge in [0.25, 0.3) is 0 Å². The van der Waals surface area contributed by atoms with E-state index in [1.165, 1.54) is 0 Å². The predicted molar refractivity (Wildman–Crippen MR) is 39.7 cm³/mol. The molecule has 0 aliphatic rings. The molecule has 10 heavy (non-hydrogen) atoms. The highest BCUT2D eigenvalue weighted by Gasteiger charge is 1.73. The number of rotatable bonds is 2. The highest BCUT2D eigenvalue weighted by Crippen LogP contribution is 1.60. The SMILES string of the molecule is C=CC(=O)O.CC=CCO. The summed E-state index contributed by atoms with van der Waals surface area (Å²) in [5, 5.41) is 15.6. The van der Waals surface area contributed by atoms with Crippen molar-refractivity contribution in [3.63, 3.8) is 0 Å². The van der Waals surface area contributed by atoms with Gasteiger partial charge in [0, 0.05) is 6.08 Å². The highest BCUT2D eigenvalue weighted by molar-refractivity contribution is 5.78. The second-order valence-electron chi connectivity index (χ2n) is 1.29. The largest absolute Gasteiger partial charge is 0.478 e. The third-order valence-corrected chi connectivity index (χ3v) is 0.516.